The third-order valence-corrected chi connectivity index (χ3v) is 2.89. The number of aliphatic carboxylic acids is 1. The van der Waals surface area contributed by atoms with Gasteiger partial charge in [0.25, 0.3) is 5.91 Å². The highest BCUT2D eigenvalue weighted by Gasteiger charge is 2.16. The summed E-state index contributed by atoms with van der Waals surface area (Å²) in [5.41, 5.74) is 1.23. The number of carboxylic acid groups (broad SMARTS) is 1. The highest BCUT2D eigenvalue weighted by molar-refractivity contribution is 5.99. The summed E-state index contributed by atoms with van der Waals surface area (Å²) < 4.78 is 1.38. The van der Waals surface area contributed by atoms with Crippen LogP contribution < -0.4 is 11.0 Å². The summed E-state index contributed by atoms with van der Waals surface area (Å²) >= 11 is 0. The van der Waals surface area contributed by atoms with Crippen LogP contribution in [-0.4, -0.2) is 32.6 Å². The number of carbonyl (C=O) groups is 2. The molecule has 0 aliphatic carbocycles. The minimum absolute atomic E-state index is 0.272. The van der Waals surface area contributed by atoms with Crippen LogP contribution in [0.25, 0.3) is 11.0 Å². The number of benzene rings is 1. The van der Waals surface area contributed by atoms with Gasteiger partial charge < -0.3 is 15.4 Å². The lowest BCUT2D eigenvalue weighted by atomic mass is 10.1. The Kier molecular flexibility index (Phi) is 3.12. The molecule has 0 saturated heterocycles. The number of aryl methyl sites for hydroxylation is 1. The van der Waals surface area contributed by atoms with Crippen LogP contribution in [0.4, 0.5) is 0 Å². The molecule has 0 bridgehead atoms. The average Bonchev–Trinajstić information content (AvgIpc) is 2.64. The minimum Gasteiger partial charge on any atom is -0.480 e. The smallest absolute Gasteiger partial charge is 0.326 e. The van der Waals surface area contributed by atoms with Crippen LogP contribution in [0.15, 0.2) is 23.0 Å². The second-order valence-electron chi connectivity index (χ2n) is 4.25. The number of amides is 1. The van der Waals surface area contributed by atoms with E-state index in [2.05, 4.69) is 10.3 Å². The number of carboxylic acids is 1. The SMILES string of the molecule is CC(NC(=O)c1ccc2[nH]c(=O)n(C)c2c1)C(=O)O. The first-order valence-electron chi connectivity index (χ1n) is 5.62. The summed E-state index contributed by atoms with van der Waals surface area (Å²) in [6.45, 7) is 1.38. The minimum atomic E-state index is -1.11. The number of imidazole rings is 1. The molecule has 0 radical (unpaired) electrons. The summed E-state index contributed by atoms with van der Waals surface area (Å²) in [7, 11) is 1.59. The Bertz CT molecular complexity index is 713. The molecule has 100 valence electrons. The normalized spacial score (nSPS) is 12.3. The van der Waals surface area contributed by atoms with E-state index in [1.165, 1.54) is 23.6 Å². The van der Waals surface area contributed by atoms with Crippen molar-refractivity contribution in [2.45, 2.75) is 13.0 Å². The van der Waals surface area contributed by atoms with Crippen molar-refractivity contribution in [1.82, 2.24) is 14.9 Å². The number of rotatable bonds is 3. The molecule has 0 aliphatic heterocycles. The molecule has 7 heteroatoms. The highest BCUT2D eigenvalue weighted by atomic mass is 16.4. The Morgan fingerprint density at radius 2 is 2.11 bits per heavy atom. The van der Waals surface area contributed by atoms with E-state index in [-0.39, 0.29) is 5.69 Å². The van der Waals surface area contributed by atoms with Crippen molar-refractivity contribution in [3.8, 4) is 0 Å². The third-order valence-electron chi connectivity index (χ3n) is 2.89. The lowest BCUT2D eigenvalue weighted by Crippen LogP contribution is -2.38. The molecule has 2 rings (SSSR count). The van der Waals surface area contributed by atoms with Crippen LogP contribution >= 0.6 is 0 Å². The van der Waals surface area contributed by atoms with Gasteiger partial charge in [-0.3, -0.25) is 14.2 Å². The van der Waals surface area contributed by atoms with Gasteiger partial charge in [0, 0.05) is 12.6 Å². The molecule has 1 unspecified atom stereocenters. The monoisotopic (exact) mass is 263 g/mol. The van der Waals surface area contributed by atoms with Crippen molar-refractivity contribution >= 4 is 22.9 Å². The van der Waals surface area contributed by atoms with Gasteiger partial charge in [-0.25, -0.2) is 4.79 Å². The molecule has 1 amide bonds. The van der Waals surface area contributed by atoms with Crippen LogP contribution in [0.3, 0.4) is 0 Å². The zero-order chi connectivity index (χ0) is 14.2. The van der Waals surface area contributed by atoms with Crippen molar-refractivity contribution in [2.24, 2.45) is 7.05 Å². The van der Waals surface area contributed by atoms with Gasteiger partial charge in [0.05, 0.1) is 11.0 Å². The molecule has 0 fully saturated rings. The maximum atomic E-state index is 11.8. The van der Waals surface area contributed by atoms with Gasteiger partial charge in [-0.1, -0.05) is 0 Å². The Hall–Kier alpha value is -2.57. The molecule has 3 N–H and O–H groups in total. The standard InChI is InChI=1S/C12H13N3O4/c1-6(11(17)18)13-10(16)7-3-4-8-9(5-7)15(2)12(19)14-8/h3-6H,1-2H3,(H,13,16)(H,14,19)(H,17,18). The number of H-pyrrole nitrogens is 1. The predicted molar refractivity (Wildman–Crippen MR) is 68.1 cm³/mol. The molecule has 1 aromatic carbocycles. The van der Waals surface area contributed by atoms with Crippen molar-refractivity contribution < 1.29 is 14.7 Å². The van der Waals surface area contributed by atoms with E-state index in [1.54, 1.807) is 13.1 Å². The van der Waals surface area contributed by atoms with Gasteiger partial charge in [0.1, 0.15) is 6.04 Å². The second-order valence-corrected chi connectivity index (χ2v) is 4.25. The summed E-state index contributed by atoms with van der Waals surface area (Å²) in [5.74, 6) is -1.60. The van der Waals surface area contributed by atoms with Crippen molar-refractivity contribution in [2.75, 3.05) is 0 Å². The molecule has 0 saturated carbocycles. The number of fused-ring (bicyclic) bond motifs is 1. The van der Waals surface area contributed by atoms with Gasteiger partial charge >= 0.3 is 11.7 Å². The maximum absolute atomic E-state index is 11.8. The molecule has 7 nitrogen and oxygen atoms in total. The summed E-state index contributed by atoms with van der Waals surface area (Å²) in [5, 5.41) is 11.1. The second kappa shape index (κ2) is 4.60. The van der Waals surface area contributed by atoms with Crippen LogP contribution in [0.5, 0.6) is 0 Å². The van der Waals surface area contributed by atoms with Gasteiger partial charge in [0.2, 0.25) is 0 Å². The van der Waals surface area contributed by atoms with Crippen LogP contribution in [0, 0.1) is 0 Å². The van der Waals surface area contributed by atoms with Gasteiger partial charge in [-0.2, -0.15) is 0 Å². The molecule has 1 aromatic heterocycles. The molecule has 1 heterocycles. The summed E-state index contributed by atoms with van der Waals surface area (Å²) in [6, 6.07) is 3.70. The molecule has 0 aliphatic rings. The van der Waals surface area contributed by atoms with Gasteiger partial charge in [-0.05, 0) is 25.1 Å². The predicted octanol–water partition coefficient (Wildman–Crippen LogP) is 0.0695. The number of aromatic nitrogens is 2. The van der Waals surface area contributed by atoms with E-state index in [1.807, 2.05) is 0 Å². The number of hydrogen-bond donors (Lipinski definition) is 3. The van der Waals surface area contributed by atoms with Gasteiger partial charge in [0.15, 0.2) is 0 Å². The van der Waals surface area contributed by atoms with Crippen LogP contribution in [-0.2, 0) is 11.8 Å². The fraction of sp³-hybridized carbons (Fsp3) is 0.250. The first kappa shape index (κ1) is 12.9. The fourth-order valence-corrected chi connectivity index (χ4v) is 1.71. The Labute approximate surface area is 107 Å². The lowest BCUT2D eigenvalue weighted by Gasteiger charge is -2.09. The van der Waals surface area contributed by atoms with Crippen molar-refractivity contribution in [3.63, 3.8) is 0 Å². The topological polar surface area (TPSA) is 104 Å². The quantitative estimate of drug-likeness (QED) is 0.728. The first-order valence-corrected chi connectivity index (χ1v) is 5.62. The van der Waals surface area contributed by atoms with Crippen molar-refractivity contribution in [3.05, 3.63) is 34.2 Å². The molecular weight excluding hydrogens is 250 g/mol. The number of aromatic amines is 1. The Balaban J connectivity index is 2.35. The van der Waals surface area contributed by atoms with E-state index in [0.29, 0.717) is 16.6 Å². The summed E-state index contributed by atoms with van der Waals surface area (Å²) in [6.07, 6.45) is 0. The maximum Gasteiger partial charge on any atom is 0.326 e. The number of nitrogens with one attached hydrogen (secondary N) is 2. The fourth-order valence-electron chi connectivity index (χ4n) is 1.71. The summed E-state index contributed by atoms with van der Waals surface area (Å²) in [4.78, 5) is 36.6. The number of nitrogens with zero attached hydrogens (tertiary/aromatic N) is 1. The number of hydrogen-bond acceptors (Lipinski definition) is 3. The molecule has 0 spiro atoms. The van der Waals surface area contributed by atoms with E-state index in [4.69, 9.17) is 5.11 Å². The lowest BCUT2D eigenvalue weighted by molar-refractivity contribution is -0.138. The molecule has 1 atom stereocenters. The van der Waals surface area contributed by atoms with E-state index >= 15 is 0 Å². The molecule has 2 aromatic rings. The zero-order valence-electron chi connectivity index (χ0n) is 10.4. The molecule has 19 heavy (non-hydrogen) atoms. The third kappa shape index (κ3) is 2.35. The van der Waals surface area contributed by atoms with Crippen LogP contribution in [0.2, 0.25) is 0 Å². The first-order chi connectivity index (χ1) is 8.90. The highest BCUT2D eigenvalue weighted by Crippen LogP contribution is 2.12. The Morgan fingerprint density at radius 3 is 2.74 bits per heavy atom. The largest absolute Gasteiger partial charge is 0.480 e. The molecular formula is C12H13N3O4. The zero-order valence-corrected chi connectivity index (χ0v) is 10.4. The van der Waals surface area contributed by atoms with Crippen LogP contribution in [0.1, 0.15) is 17.3 Å². The van der Waals surface area contributed by atoms with Crippen molar-refractivity contribution in [1.29, 1.82) is 0 Å². The Morgan fingerprint density at radius 1 is 1.42 bits per heavy atom. The van der Waals surface area contributed by atoms with Gasteiger partial charge in [-0.15, -0.1) is 0 Å². The van der Waals surface area contributed by atoms with E-state index in [0.717, 1.165) is 0 Å². The van der Waals surface area contributed by atoms with E-state index in [9.17, 15) is 14.4 Å². The number of carbonyl (C=O) groups excluding carboxylic acids is 1. The average molecular weight is 263 g/mol. The van der Waals surface area contributed by atoms with E-state index < -0.39 is 17.9 Å².